The molecule has 0 fully saturated rings. The first-order valence-electron chi connectivity index (χ1n) is 21.2. The Hall–Kier alpha value is -1.74. The highest BCUT2D eigenvalue weighted by Gasteiger charge is 2.07. The van der Waals surface area contributed by atoms with Gasteiger partial charge in [-0.1, -0.05) is 167 Å². The minimum atomic E-state index is 0.790. The normalized spacial score (nSPS) is 11.7. The molecule has 0 atom stereocenters. The fourth-order valence-corrected chi connectivity index (χ4v) is 6.24. The summed E-state index contributed by atoms with van der Waals surface area (Å²) in [7, 11) is 0. The second kappa shape index (κ2) is 36.5. The van der Waals surface area contributed by atoms with E-state index >= 15 is 0 Å². The molecule has 1 rings (SSSR count). The smallest absolute Gasteiger partial charge is 0.127 e. The van der Waals surface area contributed by atoms with E-state index in [1.165, 1.54) is 173 Å². The van der Waals surface area contributed by atoms with Gasteiger partial charge < -0.3 is 14.8 Å². The molecule has 278 valence electrons. The monoisotopic (exact) mass is 668 g/mol. The molecule has 0 aliphatic carbocycles. The largest absolute Gasteiger partial charge is 0.493 e. The summed E-state index contributed by atoms with van der Waals surface area (Å²) >= 11 is 0. The highest BCUT2D eigenvalue weighted by molar-refractivity contribution is 5.40. The lowest BCUT2D eigenvalue weighted by molar-refractivity contribution is 0.287. The van der Waals surface area contributed by atoms with E-state index in [0.29, 0.717) is 0 Å². The fourth-order valence-electron chi connectivity index (χ4n) is 6.24. The third-order valence-electron chi connectivity index (χ3n) is 9.44. The van der Waals surface area contributed by atoms with Gasteiger partial charge in [0.05, 0.1) is 13.2 Å². The molecule has 0 radical (unpaired) electrons. The molecule has 0 aromatic heterocycles. The van der Waals surface area contributed by atoms with Crippen molar-refractivity contribution in [3.05, 3.63) is 48.1 Å². The number of benzene rings is 1. The van der Waals surface area contributed by atoms with Crippen LogP contribution in [-0.4, -0.2) is 19.8 Å². The molecule has 0 heterocycles. The van der Waals surface area contributed by atoms with Gasteiger partial charge in [0, 0.05) is 18.2 Å². The van der Waals surface area contributed by atoms with Crippen LogP contribution in [0.4, 0.5) is 0 Å². The number of hydrogen-bond donors (Lipinski definition) is 1. The lowest BCUT2D eigenvalue weighted by Gasteiger charge is -2.14. The van der Waals surface area contributed by atoms with Gasteiger partial charge in [0.1, 0.15) is 11.5 Å². The molecule has 0 bridgehead atoms. The van der Waals surface area contributed by atoms with Crippen LogP contribution in [0.15, 0.2) is 42.5 Å². The lowest BCUT2D eigenvalue weighted by atomic mass is 10.1. The van der Waals surface area contributed by atoms with Crippen molar-refractivity contribution in [2.45, 2.75) is 207 Å². The van der Waals surface area contributed by atoms with Gasteiger partial charge in [0.15, 0.2) is 0 Å². The number of rotatable bonds is 37. The molecular formula is C45H81NO2. The Labute approximate surface area is 300 Å². The number of hydrogen-bond acceptors (Lipinski definition) is 3. The summed E-state index contributed by atoms with van der Waals surface area (Å²) in [5.74, 6) is 1.93. The number of ether oxygens (including phenoxy) is 2. The van der Waals surface area contributed by atoms with Crippen molar-refractivity contribution in [3.8, 4) is 11.5 Å². The van der Waals surface area contributed by atoms with Crippen LogP contribution >= 0.6 is 0 Å². The molecule has 0 aliphatic rings. The maximum absolute atomic E-state index is 6.30. The van der Waals surface area contributed by atoms with E-state index in [1.807, 2.05) is 0 Å². The molecule has 0 amide bonds. The van der Waals surface area contributed by atoms with E-state index in [9.17, 15) is 0 Å². The summed E-state index contributed by atoms with van der Waals surface area (Å²) in [4.78, 5) is 0. The Morgan fingerprint density at radius 1 is 0.458 bits per heavy atom. The maximum atomic E-state index is 6.30. The Bertz CT molecular complexity index is 847. The minimum absolute atomic E-state index is 0.790. The van der Waals surface area contributed by atoms with Crippen LogP contribution in [-0.2, 0) is 6.54 Å². The zero-order chi connectivity index (χ0) is 34.4. The molecule has 1 aromatic carbocycles. The molecule has 0 aliphatic heterocycles. The first-order valence-corrected chi connectivity index (χ1v) is 21.2. The van der Waals surface area contributed by atoms with E-state index in [1.54, 1.807) is 0 Å². The predicted molar refractivity (Wildman–Crippen MR) is 214 cm³/mol. The van der Waals surface area contributed by atoms with Gasteiger partial charge >= 0.3 is 0 Å². The molecule has 1 aromatic rings. The average Bonchev–Trinajstić information content (AvgIpc) is 3.10. The molecule has 0 spiro atoms. The van der Waals surface area contributed by atoms with Crippen LogP contribution in [0.5, 0.6) is 11.5 Å². The zero-order valence-electron chi connectivity index (χ0n) is 32.5. The zero-order valence-corrected chi connectivity index (χ0v) is 32.5. The van der Waals surface area contributed by atoms with Crippen molar-refractivity contribution in [1.29, 1.82) is 0 Å². The molecule has 48 heavy (non-hydrogen) atoms. The van der Waals surface area contributed by atoms with Crippen LogP contribution in [0.2, 0.25) is 0 Å². The Balaban J connectivity index is 2.09. The lowest BCUT2D eigenvalue weighted by Crippen LogP contribution is -2.13. The van der Waals surface area contributed by atoms with Gasteiger partial charge in [-0.2, -0.15) is 0 Å². The van der Waals surface area contributed by atoms with Crippen molar-refractivity contribution in [2.75, 3.05) is 19.8 Å². The van der Waals surface area contributed by atoms with Gasteiger partial charge in [-0.25, -0.2) is 0 Å². The summed E-state index contributed by atoms with van der Waals surface area (Å²) in [5.41, 5.74) is 1.23. The molecule has 0 saturated heterocycles. The number of unbranched alkanes of at least 4 members (excludes halogenated alkanes) is 24. The summed E-state index contributed by atoms with van der Waals surface area (Å²) in [6.45, 7) is 10.1. The van der Waals surface area contributed by atoms with E-state index in [-0.39, 0.29) is 0 Å². The molecule has 3 nitrogen and oxygen atoms in total. The molecule has 0 unspecified atom stereocenters. The Morgan fingerprint density at radius 3 is 1.29 bits per heavy atom. The van der Waals surface area contributed by atoms with Gasteiger partial charge in [-0.3, -0.25) is 0 Å². The van der Waals surface area contributed by atoms with Crippen LogP contribution < -0.4 is 14.8 Å². The third kappa shape index (κ3) is 29.2. The Kier molecular flexibility index (Phi) is 33.7. The van der Waals surface area contributed by atoms with Crippen molar-refractivity contribution >= 4 is 0 Å². The summed E-state index contributed by atoms with van der Waals surface area (Å²) in [6, 6.07) is 6.41. The molecule has 0 saturated carbocycles. The summed E-state index contributed by atoms with van der Waals surface area (Å²) < 4.78 is 12.4. The predicted octanol–water partition coefficient (Wildman–Crippen LogP) is 14.6. The summed E-state index contributed by atoms with van der Waals surface area (Å²) in [6.07, 6.45) is 46.9. The molecular weight excluding hydrogens is 587 g/mol. The molecule has 1 N–H and O–H groups in total. The number of allylic oxidation sites excluding steroid dienone is 4. The summed E-state index contributed by atoms with van der Waals surface area (Å²) in [5, 5.41) is 3.46. The van der Waals surface area contributed by atoms with E-state index in [4.69, 9.17) is 9.47 Å². The van der Waals surface area contributed by atoms with Crippen molar-refractivity contribution in [2.24, 2.45) is 0 Å². The van der Waals surface area contributed by atoms with Gasteiger partial charge in [0.2, 0.25) is 0 Å². The average molecular weight is 668 g/mol. The number of nitrogens with one attached hydrogen (secondary N) is 1. The third-order valence-corrected chi connectivity index (χ3v) is 9.44. The van der Waals surface area contributed by atoms with Gasteiger partial charge in [0.25, 0.3) is 0 Å². The van der Waals surface area contributed by atoms with Crippen LogP contribution in [0, 0.1) is 0 Å². The van der Waals surface area contributed by atoms with Crippen molar-refractivity contribution in [1.82, 2.24) is 5.32 Å². The minimum Gasteiger partial charge on any atom is -0.493 e. The Morgan fingerprint density at radius 2 is 0.854 bits per heavy atom. The highest BCUT2D eigenvalue weighted by atomic mass is 16.5. The maximum Gasteiger partial charge on any atom is 0.127 e. The van der Waals surface area contributed by atoms with Crippen LogP contribution in [0.25, 0.3) is 0 Å². The van der Waals surface area contributed by atoms with Crippen LogP contribution in [0.1, 0.15) is 206 Å². The standard InChI is InChI=1S/C45H81NO2/c1-4-7-9-11-13-15-17-19-21-23-25-27-29-31-33-35-39-47-44-38-37-43(42-46-6-3)45(41-44)48-40-36-34-32-30-28-26-24-22-20-18-16-14-12-10-8-5-2/h19-22,37-38,41,46H,4-18,23-36,39-40,42H2,1-3H3/b21-19-,22-20-. The van der Waals surface area contributed by atoms with Crippen LogP contribution in [0.3, 0.4) is 0 Å². The highest BCUT2D eigenvalue weighted by Crippen LogP contribution is 2.26. The second-order valence-corrected chi connectivity index (χ2v) is 14.1. The SMILES string of the molecule is CCCCCCCC/C=C\CCCCCCCCOc1ccc(CNCC)c(OCCCCCCCC/C=C\CCCCCCCC)c1. The van der Waals surface area contributed by atoms with E-state index < -0.39 is 0 Å². The van der Waals surface area contributed by atoms with Gasteiger partial charge in [-0.05, 0) is 76.8 Å². The van der Waals surface area contributed by atoms with Crippen molar-refractivity contribution < 1.29 is 9.47 Å². The first-order chi connectivity index (χ1) is 23.8. The van der Waals surface area contributed by atoms with Crippen molar-refractivity contribution in [3.63, 3.8) is 0 Å². The quantitative estimate of drug-likeness (QED) is 0.0566. The first kappa shape index (κ1) is 44.3. The van der Waals surface area contributed by atoms with E-state index in [0.717, 1.165) is 50.6 Å². The topological polar surface area (TPSA) is 30.5 Å². The van der Waals surface area contributed by atoms with Gasteiger partial charge in [-0.15, -0.1) is 0 Å². The van der Waals surface area contributed by atoms with E-state index in [2.05, 4.69) is 68.6 Å². The molecule has 3 heteroatoms. The fraction of sp³-hybridized carbons (Fsp3) is 0.778. The second-order valence-electron chi connectivity index (χ2n) is 14.1.